The fourth-order valence-electron chi connectivity index (χ4n) is 1.22. The maximum absolute atomic E-state index is 12.4. The van der Waals surface area contributed by atoms with E-state index < -0.39 is 23.6 Å². The van der Waals surface area contributed by atoms with Gasteiger partial charge in [0.25, 0.3) is 5.91 Å². The van der Waals surface area contributed by atoms with Crippen LogP contribution in [0, 0.1) is 0 Å². The number of nitrogens with one attached hydrogen (secondary N) is 1. The van der Waals surface area contributed by atoms with Crippen molar-refractivity contribution in [1.82, 2.24) is 5.32 Å². The molecule has 7 heteroatoms. The zero-order valence-electron chi connectivity index (χ0n) is 9.12. The number of amides is 1. The van der Waals surface area contributed by atoms with Crippen LogP contribution in [-0.4, -0.2) is 23.5 Å². The van der Waals surface area contributed by atoms with E-state index in [0.717, 1.165) is 18.2 Å². The number of alkyl halides is 3. The summed E-state index contributed by atoms with van der Waals surface area (Å²) >= 11 is 0. The molecule has 0 spiro atoms. The second-order valence-corrected chi connectivity index (χ2v) is 3.48. The highest BCUT2D eigenvalue weighted by atomic mass is 19.4. The molecular weight excluding hydrogens is 251 g/mol. The molecule has 0 aliphatic rings. The van der Waals surface area contributed by atoms with E-state index in [1.165, 1.54) is 6.07 Å². The molecule has 98 valence electrons. The van der Waals surface area contributed by atoms with Crippen molar-refractivity contribution >= 4 is 11.9 Å². The van der Waals surface area contributed by atoms with Crippen LogP contribution < -0.4 is 5.32 Å². The number of carboxylic acids is 1. The number of benzene rings is 1. The number of aliphatic carboxylic acids is 1. The number of carbonyl (C=O) groups is 2. The maximum Gasteiger partial charge on any atom is 0.416 e. The van der Waals surface area contributed by atoms with Crippen molar-refractivity contribution in [1.29, 1.82) is 0 Å². The highest BCUT2D eigenvalue weighted by Crippen LogP contribution is 2.29. The van der Waals surface area contributed by atoms with Crippen LogP contribution in [0.4, 0.5) is 13.2 Å². The minimum Gasteiger partial charge on any atom is -0.481 e. The van der Waals surface area contributed by atoms with Gasteiger partial charge in [-0.25, -0.2) is 0 Å². The predicted octanol–water partition coefficient (Wildman–Crippen LogP) is 1.91. The second-order valence-electron chi connectivity index (χ2n) is 3.48. The lowest BCUT2D eigenvalue weighted by Gasteiger charge is -2.08. The molecule has 0 saturated heterocycles. The van der Waals surface area contributed by atoms with Gasteiger partial charge in [0.1, 0.15) is 0 Å². The smallest absolute Gasteiger partial charge is 0.416 e. The summed E-state index contributed by atoms with van der Waals surface area (Å²) in [6, 6.07) is 3.92. The number of halogens is 3. The first-order valence-corrected chi connectivity index (χ1v) is 4.98. The van der Waals surface area contributed by atoms with Crippen molar-refractivity contribution in [2.24, 2.45) is 0 Å². The summed E-state index contributed by atoms with van der Waals surface area (Å²) in [6.45, 7) is -0.135. The Balaban J connectivity index is 2.72. The summed E-state index contributed by atoms with van der Waals surface area (Å²) in [5.74, 6) is -1.83. The van der Waals surface area contributed by atoms with E-state index in [1.54, 1.807) is 0 Å². The summed E-state index contributed by atoms with van der Waals surface area (Å²) in [4.78, 5) is 21.6. The molecule has 1 aromatic rings. The van der Waals surface area contributed by atoms with Gasteiger partial charge < -0.3 is 10.4 Å². The Morgan fingerprint density at radius 1 is 1.28 bits per heavy atom. The van der Waals surface area contributed by atoms with Crippen molar-refractivity contribution in [2.75, 3.05) is 6.54 Å². The molecule has 1 rings (SSSR count). The molecular formula is C11H10F3NO3. The monoisotopic (exact) mass is 261 g/mol. The minimum absolute atomic E-state index is 0.135. The van der Waals surface area contributed by atoms with E-state index in [0.29, 0.717) is 0 Å². The Bertz CT molecular complexity index is 457. The van der Waals surface area contributed by atoms with Crippen molar-refractivity contribution in [3.8, 4) is 0 Å². The third-order valence-corrected chi connectivity index (χ3v) is 2.08. The van der Waals surface area contributed by atoms with Gasteiger partial charge in [-0.3, -0.25) is 9.59 Å². The average Bonchev–Trinajstić information content (AvgIpc) is 2.27. The Morgan fingerprint density at radius 2 is 1.94 bits per heavy atom. The first-order valence-electron chi connectivity index (χ1n) is 4.98. The van der Waals surface area contributed by atoms with Crippen LogP contribution in [0.1, 0.15) is 22.3 Å². The molecule has 0 fully saturated rings. The molecule has 1 aromatic carbocycles. The van der Waals surface area contributed by atoms with E-state index in [-0.39, 0.29) is 18.5 Å². The lowest BCUT2D eigenvalue weighted by atomic mass is 10.1. The van der Waals surface area contributed by atoms with E-state index in [1.807, 2.05) is 0 Å². The largest absolute Gasteiger partial charge is 0.481 e. The van der Waals surface area contributed by atoms with Crippen LogP contribution in [0.3, 0.4) is 0 Å². The molecule has 0 aliphatic carbocycles. The van der Waals surface area contributed by atoms with Gasteiger partial charge in [0.2, 0.25) is 0 Å². The van der Waals surface area contributed by atoms with Gasteiger partial charge >= 0.3 is 12.1 Å². The molecule has 2 N–H and O–H groups in total. The summed E-state index contributed by atoms with van der Waals surface area (Å²) in [6.07, 6.45) is -4.80. The first kappa shape index (κ1) is 14.0. The zero-order chi connectivity index (χ0) is 13.8. The summed E-state index contributed by atoms with van der Waals surface area (Å²) in [5, 5.41) is 10.6. The van der Waals surface area contributed by atoms with Gasteiger partial charge in [0.05, 0.1) is 12.0 Å². The lowest BCUT2D eigenvalue weighted by molar-refractivity contribution is -0.138. The number of hydrogen-bond acceptors (Lipinski definition) is 2. The van der Waals surface area contributed by atoms with Crippen molar-refractivity contribution in [3.63, 3.8) is 0 Å². The standard InChI is InChI=1S/C11H10F3NO3/c12-11(13,14)8-3-1-2-7(6-8)10(18)15-5-4-9(16)17/h1-3,6H,4-5H2,(H,15,18)(H,16,17). The van der Waals surface area contributed by atoms with Gasteiger partial charge in [-0.05, 0) is 18.2 Å². The number of carboxylic acid groups (broad SMARTS) is 1. The number of carbonyl (C=O) groups excluding carboxylic acids is 1. The summed E-state index contributed by atoms with van der Waals surface area (Å²) in [5.41, 5.74) is -1.08. The van der Waals surface area contributed by atoms with Gasteiger partial charge in [-0.1, -0.05) is 6.07 Å². The van der Waals surface area contributed by atoms with Crippen LogP contribution in [0.25, 0.3) is 0 Å². The predicted molar refractivity (Wildman–Crippen MR) is 56.0 cm³/mol. The van der Waals surface area contributed by atoms with Gasteiger partial charge in [0, 0.05) is 12.1 Å². The fraction of sp³-hybridized carbons (Fsp3) is 0.273. The molecule has 0 unspecified atom stereocenters. The topological polar surface area (TPSA) is 66.4 Å². The van der Waals surface area contributed by atoms with Gasteiger partial charge in [-0.2, -0.15) is 13.2 Å². The van der Waals surface area contributed by atoms with E-state index in [4.69, 9.17) is 5.11 Å². The second kappa shape index (κ2) is 5.52. The highest BCUT2D eigenvalue weighted by molar-refractivity contribution is 5.94. The third kappa shape index (κ3) is 4.08. The molecule has 0 atom stereocenters. The lowest BCUT2D eigenvalue weighted by Crippen LogP contribution is -2.26. The molecule has 18 heavy (non-hydrogen) atoms. The zero-order valence-corrected chi connectivity index (χ0v) is 9.12. The third-order valence-electron chi connectivity index (χ3n) is 2.08. The molecule has 4 nitrogen and oxygen atoms in total. The molecule has 0 heterocycles. The van der Waals surface area contributed by atoms with Crippen LogP contribution in [0.2, 0.25) is 0 Å². The Hall–Kier alpha value is -2.05. The molecule has 0 aliphatic heterocycles. The summed E-state index contributed by atoms with van der Waals surface area (Å²) in [7, 11) is 0. The molecule has 0 saturated carbocycles. The van der Waals surface area contributed by atoms with Crippen LogP contribution in [0.5, 0.6) is 0 Å². The van der Waals surface area contributed by atoms with Gasteiger partial charge in [-0.15, -0.1) is 0 Å². The molecule has 1 amide bonds. The van der Waals surface area contributed by atoms with Crippen LogP contribution in [0.15, 0.2) is 24.3 Å². The fourth-order valence-corrected chi connectivity index (χ4v) is 1.22. The van der Waals surface area contributed by atoms with E-state index >= 15 is 0 Å². The van der Waals surface area contributed by atoms with E-state index in [2.05, 4.69) is 5.32 Å². The quantitative estimate of drug-likeness (QED) is 0.870. The first-order chi connectivity index (χ1) is 8.30. The Labute approximate surface area is 100 Å². The molecule has 0 bridgehead atoms. The number of rotatable bonds is 4. The maximum atomic E-state index is 12.4. The normalized spacial score (nSPS) is 11.1. The number of hydrogen-bond donors (Lipinski definition) is 2. The van der Waals surface area contributed by atoms with Crippen molar-refractivity contribution < 1.29 is 27.9 Å². The summed E-state index contributed by atoms with van der Waals surface area (Å²) < 4.78 is 37.1. The SMILES string of the molecule is O=C(O)CCNC(=O)c1cccc(C(F)(F)F)c1. The van der Waals surface area contributed by atoms with Crippen molar-refractivity contribution in [3.05, 3.63) is 35.4 Å². The van der Waals surface area contributed by atoms with E-state index in [9.17, 15) is 22.8 Å². The Kier molecular flexibility index (Phi) is 4.30. The minimum atomic E-state index is -4.52. The molecule has 0 aromatic heterocycles. The van der Waals surface area contributed by atoms with Gasteiger partial charge in [0.15, 0.2) is 0 Å². The van der Waals surface area contributed by atoms with Crippen LogP contribution in [-0.2, 0) is 11.0 Å². The Morgan fingerprint density at radius 3 is 2.50 bits per heavy atom. The average molecular weight is 261 g/mol. The van der Waals surface area contributed by atoms with Crippen molar-refractivity contribution in [2.45, 2.75) is 12.6 Å². The highest BCUT2D eigenvalue weighted by Gasteiger charge is 2.30. The molecule has 0 radical (unpaired) electrons. The van der Waals surface area contributed by atoms with Crippen LogP contribution >= 0.6 is 0 Å².